The largest absolute Gasteiger partial charge is 0.504 e. The zero-order valence-electron chi connectivity index (χ0n) is 15.8. The second kappa shape index (κ2) is 5.38. The molecule has 5 fully saturated rings. The number of aliphatic hydroxyl groups is 2. The molecule has 0 radical (unpaired) electrons. The van der Waals surface area contributed by atoms with Crippen molar-refractivity contribution in [2.75, 3.05) is 13.1 Å². The molecule has 6 aliphatic rings. The van der Waals surface area contributed by atoms with Crippen molar-refractivity contribution in [3.63, 3.8) is 0 Å². The third kappa shape index (κ3) is 2.00. The number of ether oxygens (including phenoxy) is 1. The highest BCUT2D eigenvalue weighted by Gasteiger charge is 2.75. The summed E-state index contributed by atoms with van der Waals surface area (Å²) >= 11 is 0. The van der Waals surface area contributed by atoms with Gasteiger partial charge >= 0.3 is 0 Å². The molecule has 5 heteroatoms. The van der Waals surface area contributed by atoms with Crippen LogP contribution in [0.4, 0.5) is 0 Å². The normalized spacial score (nSPS) is 48.7. The molecule has 0 aromatic heterocycles. The van der Waals surface area contributed by atoms with Crippen molar-refractivity contribution in [2.24, 2.45) is 23.2 Å². The van der Waals surface area contributed by atoms with E-state index >= 15 is 0 Å². The minimum atomic E-state index is -0.902. The summed E-state index contributed by atoms with van der Waals surface area (Å²) < 4.78 is 6.23. The number of ketones is 1. The Balaban J connectivity index is 1.50. The number of hydrogen-bond donors (Lipinski definition) is 2. The Morgan fingerprint density at radius 3 is 2.93 bits per heavy atom. The van der Waals surface area contributed by atoms with Crippen molar-refractivity contribution >= 4 is 5.78 Å². The predicted molar refractivity (Wildman–Crippen MR) is 98.8 cm³/mol. The molecule has 4 aliphatic carbocycles. The Bertz CT molecular complexity index is 755. The highest BCUT2D eigenvalue weighted by atomic mass is 16.5. The Morgan fingerprint density at radius 2 is 2.11 bits per heavy atom. The summed E-state index contributed by atoms with van der Waals surface area (Å²) in [5.74, 6) is 1.82. The van der Waals surface area contributed by atoms with E-state index in [0.717, 1.165) is 51.1 Å². The van der Waals surface area contributed by atoms with Crippen molar-refractivity contribution in [1.82, 2.24) is 4.90 Å². The average molecular weight is 371 g/mol. The topological polar surface area (TPSA) is 70.0 Å². The van der Waals surface area contributed by atoms with E-state index < -0.39 is 17.1 Å². The second-order valence-electron chi connectivity index (χ2n) is 9.83. The number of allylic oxidation sites excluding steroid dienone is 3. The van der Waals surface area contributed by atoms with Crippen LogP contribution >= 0.6 is 0 Å². The number of likely N-dealkylation sites (tertiary alicyclic amines) is 1. The first kappa shape index (κ1) is 16.6. The van der Waals surface area contributed by atoms with Crippen molar-refractivity contribution in [3.8, 4) is 0 Å². The predicted octanol–water partition coefficient (Wildman–Crippen LogP) is 2.71. The minimum Gasteiger partial charge on any atom is -0.504 e. The lowest BCUT2D eigenvalue weighted by Gasteiger charge is -2.56. The average Bonchev–Trinajstić information content (AvgIpc) is 3.34. The van der Waals surface area contributed by atoms with Gasteiger partial charge in [0, 0.05) is 31.5 Å². The lowest BCUT2D eigenvalue weighted by atomic mass is 9.49. The summed E-state index contributed by atoms with van der Waals surface area (Å²) in [7, 11) is 0. The number of fused-ring (bicyclic) bond motifs is 1. The molecule has 2 saturated heterocycles. The number of carbonyl (C=O) groups is 1. The molecule has 3 saturated carbocycles. The molecule has 1 spiro atoms. The van der Waals surface area contributed by atoms with Gasteiger partial charge in [0.1, 0.15) is 5.76 Å². The summed E-state index contributed by atoms with van der Waals surface area (Å²) in [5.41, 5.74) is -1.48. The van der Waals surface area contributed by atoms with Crippen LogP contribution in [0, 0.1) is 23.2 Å². The maximum atomic E-state index is 13.1. The van der Waals surface area contributed by atoms with E-state index in [4.69, 9.17) is 4.74 Å². The van der Waals surface area contributed by atoms with Crippen molar-refractivity contribution in [3.05, 3.63) is 23.7 Å². The van der Waals surface area contributed by atoms with Gasteiger partial charge in [-0.15, -0.1) is 0 Å². The second-order valence-corrected chi connectivity index (χ2v) is 9.83. The Hall–Kier alpha value is -1.33. The Morgan fingerprint density at radius 1 is 1.26 bits per heavy atom. The first-order chi connectivity index (χ1) is 13.0. The van der Waals surface area contributed by atoms with Gasteiger partial charge in [-0.1, -0.05) is 12.5 Å². The van der Waals surface area contributed by atoms with Crippen molar-refractivity contribution < 1.29 is 19.7 Å². The lowest BCUT2D eigenvalue weighted by Crippen LogP contribution is -2.67. The zero-order valence-corrected chi connectivity index (χ0v) is 15.8. The molecule has 2 heterocycles. The van der Waals surface area contributed by atoms with Crippen molar-refractivity contribution in [2.45, 2.75) is 69.1 Å². The molecule has 146 valence electrons. The summed E-state index contributed by atoms with van der Waals surface area (Å²) in [6, 6.07) is 0.0978. The maximum absolute atomic E-state index is 13.1. The van der Waals surface area contributed by atoms with Crippen LogP contribution in [0.25, 0.3) is 0 Å². The molecule has 0 aromatic carbocycles. The van der Waals surface area contributed by atoms with Gasteiger partial charge in [-0.2, -0.15) is 0 Å². The van der Waals surface area contributed by atoms with Crippen LogP contribution in [-0.4, -0.2) is 51.7 Å². The van der Waals surface area contributed by atoms with Gasteiger partial charge in [-0.25, -0.2) is 0 Å². The molecule has 2 N–H and O–H groups in total. The van der Waals surface area contributed by atoms with Crippen LogP contribution in [0.2, 0.25) is 0 Å². The van der Waals surface area contributed by atoms with Gasteiger partial charge in [0.2, 0.25) is 0 Å². The van der Waals surface area contributed by atoms with E-state index in [1.165, 1.54) is 12.8 Å². The van der Waals surface area contributed by atoms with Crippen LogP contribution < -0.4 is 0 Å². The molecule has 0 amide bonds. The van der Waals surface area contributed by atoms with Gasteiger partial charge in [0.15, 0.2) is 17.6 Å². The summed E-state index contributed by atoms with van der Waals surface area (Å²) in [6.07, 6.45) is 10.7. The maximum Gasteiger partial charge on any atom is 0.174 e. The van der Waals surface area contributed by atoms with Gasteiger partial charge in [-0.05, 0) is 56.4 Å². The Kier molecular flexibility index (Phi) is 3.31. The zero-order chi connectivity index (χ0) is 18.4. The molecule has 2 aliphatic heterocycles. The minimum absolute atomic E-state index is 0.0586. The van der Waals surface area contributed by atoms with E-state index in [9.17, 15) is 15.0 Å². The van der Waals surface area contributed by atoms with Gasteiger partial charge in [0.05, 0.1) is 11.0 Å². The molecule has 6 atom stereocenters. The standard InChI is InChI=1S/C22H29NO4/c24-15-7-6-14-11-17-22(26,9-10-23(17)12-13-4-5-13)21-8-2-1-3-16(25)20(21)27-19(15)18(14)21/h6-7,13-14,17-18,20,24,26H,1-5,8-12H2/t14?,17-,18?,20+,21+,22-/m1/s1. The van der Waals surface area contributed by atoms with E-state index in [1.807, 2.05) is 0 Å². The monoisotopic (exact) mass is 371 g/mol. The molecule has 5 nitrogen and oxygen atoms in total. The van der Waals surface area contributed by atoms with E-state index in [-0.39, 0.29) is 29.4 Å². The molecular weight excluding hydrogens is 342 g/mol. The fourth-order valence-electron chi connectivity index (χ4n) is 7.26. The summed E-state index contributed by atoms with van der Waals surface area (Å²) in [4.78, 5) is 15.6. The fraction of sp³-hybridized carbons (Fsp3) is 0.773. The smallest absolute Gasteiger partial charge is 0.174 e. The van der Waals surface area contributed by atoms with Gasteiger partial charge in [-0.3, -0.25) is 9.69 Å². The highest BCUT2D eigenvalue weighted by Crippen LogP contribution is 2.68. The van der Waals surface area contributed by atoms with Crippen LogP contribution in [0.5, 0.6) is 0 Å². The van der Waals surface area contributed by atoms with E-state index in [2.05, 4.69) is 11.0 Å². The Labute approximate surface area is 160 Å². The molecule has 6 rings (SSSR count). The van der Waals surface area contributed by atoms with Crippen molar-refractivity contribution in [1.29, 1.82) is 0 Å². The highest BCUT2D eigenvalue weighted by molar-refractivity contribution is 5.85. The SMILES string of the molecule is O=C1CCCC[C@@]23C4C(=C(O)C=CC4C[C@H]4N(CC5CC5)CC[C@@]42O)O[C@@H]13. The number of nitrogens with zero attached hydrogens (tertiary/aromatic N) is 1. The van der Waals surface area contributed by atoms with E-state index in [0.29, 0.717) is 12.2 Å². The summed E-state index contributed by atoms with van der Waals surface area (Å²) in [5, 5.41) is 22.8. The summed E-state index contributed by atoms with van der Waals surface area (Å²) in [6.45, 7) is 1.99. The third-order valence-corrected chi connectivity index (χ3v) is 8.55. The molecule has 0 aromatic rings. The molecule has 2 unspecified atom stereocenters. The number of Topliss-reactive ketones (excluding diaryl/α,β-unsaturated/α-hetero) is 1. The fourth-order valence-corrected chi connectivity index (χ4v) is 7.26. The number of carbonyl (C=O) groups excluding carboxylic acids is 1. The van der Waals surface area contributed by atoms with E-state index in [1.54, 1.807) is 6.08 Å². The molecule has 0 bridgehead atoms. The van der Waals surface area contributed by atoms with Gasteiger partial charge in [0.25, 0.3) is 0 Å². The molecule has 27 heavy (non-hydrogen) atoms. The lowest BCUT2D eigenvalue weighted by molar-refractivity contribution is -0.183. The first-order valence-corrected chi connectivity index (χ1v) is 10.8. The van der Waals surface area contributed by atoms with Crippen LogP contribution in [0.3, 0.4) is 0 Å². The van der Waals surface area contributed by atoms with Gasteiger partial charge < -0.3 is 14.9 Å². The third-order valence-electron chi connectivity index (χ3n) is 8.55. The first-order valence-electron chi connectivity index (χ1n) is 10.8. The van der Waals surface area contributed by atoms with Crippen LogP contribution in [0.15, 0.2) is 23.7 Å². The van der Waals surface area contributed by atoms with Crippen LogP contribution in [-0.2, 0) is 9.53 Å². The van der Waals surface area contributed by atoms with Crippen LogP contribution in [0.1, 0.15) is 51.4 Å². The number of aliphatic hydroxyl groups excluding tert-OH is 1. The quantitative estimate of drug-likeness (QED) is 0.781. The number of hydrogen-bond acceptors (Lipinski definition) is 5. The molecular formula is C22H29NO4. The number of rotatable bonds is 2.